The summed E-state index contributed by atoms with van der Waals surface area (Å²) in [6.07, 6.45) is 2.00. The van der Waals surface area contributed by atoms with Crippen LogP contribution in [0.25, 0.3) is 0 Å². The molecule has 0 aromatic carbocycles. The van der Waals surface area contributed by atoms with E-state index < -0.39 is 21.5 Å². The highest BCUT2D eigenvalue weighted by atomic mass is 32.2. The molecule has 1 aromatic heterocycles. The fraction of sp³-hybridized carbons (Fsp3) is 0.545. The number of hydrogen-bond donors (Lipinski definition) is 2. The highest BCUT2D eigenvalue weighted by molar-refractivity contribution is 7.90. The van der Waals surface area contributed by atoms with Crippen LogP contribution in [0.5, 0.6) is 0 Å². The van der Waals surface area contributed by atoms with Gasteiger partial charge in [0.1, 0.15) is 10.7 Å². The number of aliphatic hydroxyl groups excluding tert-OH is 1. The molecule has 1 unspecified atom stereocenters. The molecular weight excluding hydrogens is 240 g/mol. The van der Waals surface area contributed by atoms with Crippen molar-refractivity contribution in [1.82, 2.24) is 4.98 Å². The maximum atomic E-state index is 11.6. The van der Waals surface area contributed by atoms with Crippen LogP contribution in [0, 0.1) is 0 Å². The molecule has 1 aromatic rings. The minimum absolute atomic E-state index is 0.133. The highest BCUT2D eigenvalue weighted by Crippen LogP contribution is 2.23. The van der Waals surface area contributed by atoms with Gasteiger partial charge in [-0.2, -0.15) is 0 Å². The lowest BCUT2D eigenvalue weighted by Crippen LogP contribution is -2.42. The molecule has 0 saturated carbocycles. The molecule has 1 rings (SSSR count). The second-order valence-electron chi connectivity index (χ2n) is 4.64. The van der Waals surface area contributed by atoms with E-state index in [1.54, 1.807) is 26.8 Å². The van der Waals surface area contributed by atoms with Gasteiger partial charge in [0.15, 0.2) is 9.84 Å². The third-order valence-electron chi connectivity index (χ3n) is 2.66. The molecule has 0 aliphatic heterocycles. The number of nitrogens with zero attached hydrogens (tertiary/aromatic N) is 1. The number of aromatic nitrogens is 1. The Balaban J connectivity index is 3.17. The molecule has 2 N–H and O–H groups in total. The number of sulfone groups is 1. The van der Waals surface area contributed by atoms with E-state index in [0.29, 0.717) is 0 Å². The van der Waals surface area contributed by atoms with Gasteiger partial charge in [-0.3, -0.25) is 0 Å². The second kappa shape index (κ2) is 4.62. The fourth-order valence-electron chi connectivity index (χ4n) is 1.19. The van der Waals surface area contributed by atoms with Crippen molar-refractivity contribution in [3.63, 3.8) is 0 Å². The minimum atomic E-state index is -3.34. The van der Waals surface area contributed by atoms with Crippen LogP contribution < -0.4 is 5.32 Å². The van der Waals surface area contributed by atoms with Gasteiger partial charge in [-0.05, 0) is 32.9 Å². The number of aliphatic hydroxyl groups is 1. The van der Waals surface area contributed by atoms with Gasteiger partial charge in [0.25, 0.3) is 0 Å². The van der Waals surface area contributed by atoms with Crippen molar-refractivity contribution in [2.75, 3.05) is 11.6 Å². The maximum Gasteiger partial charge on any atom is 0.179 e. The zero-order chi connectivity index (χ0) is 13.3. The van der Waals surface area contributed by atoms with Crippen LogP contribution >= 0.6 is 0 Å². The molecule has 0 spiro atoms. The lowest BCUT2D eigenvalue weighted by molar-refractivity contribution is 0.133. The van der Waals surface area contributed by atoms with Crippen molar-refractivity contribution >= 4 is 15.7 Å². The predicted octanol–water partition coefficient (Wildman–Crippen LogP) is 1.06. The van der Waals surface area contributed by atoms with Gasteiger partial charge >= 0.3 is 0 Å². The number of pyridine rings is 1. The molecule has 17 heavy (non-hydrogen) atoms. The average Bonchev–Trinajstić information content (AvgIpc) is 2.15. The summed E-state index contributed by atoms with van der Waals surface area (Å²) >= 11 is 0. The Morgan fingerprint density at radius 2 is 2.06 bits per heavy atom. The standard InChI is InChI=1S/C11H18N2O3S/c1-8(14)11(2,3)13-10-9(17(4,15)16)6-5-7-12-10/h5-8,14H,1-4H3,(H,12,13). The number of rotatable bonds is 4. The van der Waals surface area contributed by atoms with Crippen molar-refractivity contribution in [3.05, 3.63) is 18.3 Å². The van der Waals surface area contributed by atoms with E-state index in [2.05, 4.69) is 10.3 Å². The summed E-state index contributed by atoms with van der Waals surface area (Å²) in [4.78, 5) is 4.14. The number of nitrogens with one attached hydrogen (secondary N) is 1. The van der Waals surface area contributed by atoms with E-state index >= 15 is 0 Å². The first kappa shape index (κ1) is 13.9. The zero-order valence-electron chi connectivity index (χ0n) is 10.4. The minimum Gasteiger partial charge on any atom is -0.391 e. The monoisotopic (exact) mass is 258 g/mol. The molecule has 1 heterocycles. The molecule has 6 heteroatoms. The van der Waals surface area contributed by atoms with E-state index in [9.17, 15) is 13.5 Å². The van der Waals surface area contributed by atoms with Crippen molar-refractivity contribution in [2.45, 2.75) is 37.3 Å². The predicted molar refractivity (Wildman–Crippen MR) is 66.7 cm³/mol. The Bertz CT molecular complexity index is 495. The van der Waals surface area contributed by atoms with E-state index in [4.69, 9.17) is 0 Å². The normalized spacial score (nSPS) is 14.4. The van der Waals surface area contributed by atoms with Gasteiger partial charge in [0, 0.05) is 12.5 Å². The summed E-state index contributed by atoms with van der Waals surface area (Å²) in [5.41, 5.74) is -0.659. The second-order valence-corrected chi connectivity index (χ2v) is 6.63. The van der Waals surface area contributed by atoms with E-state index in [0.717, 1.165) is 6.26 Å². The third kappa shape index (κ3) is 3.41. The molecule has 0 bridgehead atoms. The first-order valence-corrected chi connectivity index (χ1v) is 7.15. The largest absolute Gasteiger partial charge is 0.391 e. The smallest absolute Gasteiger partial charge is 0.179 e. The topological polar surface area (TPSA) is 79.3 Å². The Morgan fingerprint density at radius 3 is 2.53 bits per heavy atom. The SMILES string of the molecule is CC(O)C(C)(C)Nc1ncccc1S(C)(=O)=O. The Labute approximate surface area is 102 Å². The summed E-state index contributed by atoms with van der Waals surface area (Å²) in [5, 5.41) is 12.5. The molecule has 0 aliphatic carbocycles. The number of hydrogen-bond acceptors (Lipinski definition) is 5. The summed E-state index contributed by atoms with van der Waals surface area (Å²) in [6.45, 7) is 5.19. The van der Waals surface area contributed by atoms with Crippen LogP contribution in [0.2, 0.25) is 0 Å². The zero-order valence-corrected chi connectivity index (χ0v) is 11.2. The van der Waals surface area contributed by atoms with Crippen LogP contribution in [0.4, 0.5) is 5.82 Å². The Morgan fingerprint density at radius 1 is 1.47 bits per heavy atom. The Hall–Kier alpha value is -1.14. The van der Waals surface area contributed by atoms with Crippen LogP contribution in [-0.4, -0.2) is 36.4 Å². The van der Waals surface area contributed by atoms with Crippen LogP contribution in [0.15, 0.2) is 23.2 Å². The van der Waals surface area contributed by atoms with Crippen molar-refractivity contribution < 1.29 is 13.5 Å². The first-order chi connectivity index (χ1) is 7.64. The summed E-state index contributed by atoms with van der Waals surface area (Å²) in [7, 11) is -3.34. The van der Waals surface area contributed by atoms with Crippen LogP contribution in [0.1, 0.15) is 20.8 Å². The third-order valence-corrected chi connectivity index (χ3v) is 3.78. The summed E-state index contributed by atoms with van der Waals surface area (Å²) in [5.74, 6) is 0.265. The van der Waals surface area contributed by atoms with Crippen LogP contribution in [0.3, 0.4) is 0 Å². The van der Waals surface area contributed by atoms with Crippen molar-refractivity contribution in [2.24, 2.45) is 0 Å². The molecule has 0 radical (unpaired) electrons. The van der Waals surface area contributed by atoms with Crippen molar-refractivity contribution in [3.8, 4) is 0 Å². The lowest BCUT2D eigenvalue weighted by atomic mass is 9.99. The molecule has 5 nitrogen and oxygen atoms in total. The first-order valence-electron chi connectivity index (χ1n) is 5.26. The molecule has 0 amide bonds. The fourth-order valence-corrected chi connectivity index (χ4v) is 1.97. The highest BCUT2D eigenvalue weighted by Gasteiger charge is 2.26. The van der Waals surface area contributed by atoms with E-state index in [1.165, 1.54) is 12.3 Å². The van der Waals surface area contributed by atoms with Gasteiger partial charge in [0.05, 0.1) is 11.6 Å². The van der Waals surface area contributed by atoms with Gasteiger partial charge in [-0.25, -0.2) is 13.4 Å². The van der Waals surface area contributed by atoms with Gasteiger partial charge in [-0.15, -0.1) is 0 Å². The molecule has 96 valence electrons. The molecule has 0 aliphatic rings. The van der Waals surface area contributed by atoms with E-state index in [-0.39, 0.29) is 10.7 Å². The summed E-state index contributed by atoms with van der Waals surface area (Å²) < 4.78 is 23.1. The number of anilines is 1. The van der Waals surface area contributed by atoms with Crippen molar-refractivity contribution in [1.29, 1.82) is 0 Å². The quantitative estimate of drug-likeness (QED) is 0.844. The van der Waals surface area contributed by atoms with Gasteiger partial charge in [-0.1, -0.05) is 0 Å². The molecular formula is C11H18N2O3S. The average molecular weight is 258 g/mol. The molecule has 0 fully saturated rings. The lowest BCUT2D eigenvalue weighted by Gasteiger charge is -2.30. The van der Waals surface area contributed by atoms with Gasteiger partial charge in [0.2, 0.25) is 0 Å². The maximum absolute atomic E-state index is 11.6. The Kier molecular flexibility index (Phi) is 3.78. The van der Waals surface area contributed by atoms with Crippen LogP contribution in [-0.2, 0) is 9.84 Å². The molecule has 1 atom stereocenters. The van der Waals surface area contributed by atoms with E-state index in [1.807, 2.05) is 0 Å². The molecule has 0 saturated heterocycles. The summed E-state index contributed by atoms with van der Waals surface area (Å²) in [6, 6.07) is 3.06. The van der Waals surface area contributed by atoms with Gasteiger partial charge < -0.3 is 10.4 Å².